The van der Waals surface area contributed by atoms with E-state index in [4.69, 9.17) is 16.3 Å². The summed E-state index contributed by atoms with van der Waals surface area (Å²) >= 11 is 5.36. The predicted molar refractivity (Wildman–Crippen MR) is 58.4 cm³/mol. The second-order valence-electron chi connectivity index (χ2n) is 3.65. The van der Waals surface area contributed by atoms with Gasteiger partial charge in [-0.15, -0.1) is 0 Å². The first-order chi connectivity index (χ1) is 7.16. The van der Waals surface area contributed by atoms with Crippen LogP contribution in [0.2, 0.25) is 0 Å². The van der Waals surface area contributed by atoms with Gasteiger partial charge in [-0.05, 0) is 28.8 Å². The smallest absolute Gasteiger partial charge is 0.316 e. The Morgan fingerprint density at radius 1 is 1.60 bits per heavy atom. The third kappa shape index (κ3) is 2.23. The van der Waals surface area contributed by atoms with Crippen molar-refractivity contribution in [3.63, 3.8) is 0 Å². The van der Waals surface area contributed by atoms with E-state index in [0.717, 1.165) is 24.3 Å². The predicted octanol–water partition coefficient (Wildman–Crippen LogP) is 2.41. The minimum absolute atomic E-state index is 0.438. The van der Waals surface area contributed by atoms with E-state index in [1.807, 2.05) is 12.1 Å². The molecule has 0 atom stereocenters. The third-order valence-corrected chi connectivity index (χ3v) is 2.76. The normalized spacial score (nSPS) is 13.2. The lowest BCUT2D eigenvalue weighted by atomic mass is 10.1. The molecule has 1 aromatic carbocycles. The molecule has 1 heterocycles. The molecule has 1 aromatic rings. The molecular weight excluding hydrogens is 214 g/mol. The van der Waals surface area contributed by atoms with Crippen LogP contribution in [0.4, 0.5) is 4.79 Å². The van der Waals surface area contributed by atoms with Gasteiger partial charge in [0.05, 0.1) is 6.61 Å². The van der Waals surface area contributed by atoms with Crippen molar-refractivity contribution in [3.8, 4) is 5.75 Å². The van der Waals surface area contributed by atoms with Crippen LogP contribution in [-0.4, -0.2) is 23.9 Å². The second kappa shape index (κ2) is 4.11. The summed E-state index contributed by atoms with van der Waals surface area (Å²) in [6.07, 6.45) is 0.946. The second-order valence-corrected chi connectivity index (χ2v) is 3.97. The van der Waals surface area contributed by atoms with Crippen LogP contribution in [-0.2, 0) is 13.0 Å². The average molecular weight is 226 g/mol. The molecule has 0 aliphatic carbocycles. The monoisotopic (exact) mass is 225 g/mol. The number of rotatable bonds is 2. The SMILES string of the molecule is CN(Cc1ccc2c(c1)CCO2)C(=O)Cl. The number of carbonyl (C=O) groups excluding carboxylic acids is 1. The topological polar surface area (TPSA) is 29.5 Å². The number of benzene rings is 1. The summed E-state index contributed by atoms with van der Waals surface area (Å²) in [6, 6.07) is 5.98. The van der Waals surface area contributed by atoms with E-state index >= 15 is 0 Å². The van der Waals surface area contributed by atoms with Gasteiger partial charge in [0, 0.05) is 20.0 Å². The zero-order chi connectivity index (χ0) is 10.8. The van der Waals surface area contributed by atoms with Crippen LogP contribution in [0.1, 0.15) is 11.1 Å². The minimum Gasteiger partial charge on any atom is -0.493 e. The Balaban J connectivity index is 2.13. The van der Waals surface area contributed by atoms with Crippen LogP contribution in [0.5, 0.6) is 5.75 Å². The zero-order valence-electron chi connectivity index (χ0n) is 8.50. The molecule has 1 aliphatic rings. The maximum absolute atomic E-state index is 10.8. The Bertz CT molecular complexity index is 392. The highest BCUT2D eigenvalue weighted by atomic mass is 35.5. The van der Waals surface area contributed by atoms with E-state index in [9.17, 15) is 4.79 Å². The van der Waals surface area contributed by atoms with Gasteiger partial charge in [-0.25, -0.2) is 0 Å². The molecule has 0 aromatic heterocycles. The van der Waals surface area contributed by atoms with Crippen molar-refractivity contribution in [1.29, 1.82) is 0 Å². The van der Waals surface area contributed by atoms with Gasteiger partial charge in [0.15, 0.2) is 0 Å². The molecule has 4 heteroatoms. The molecular formula is C11H12ClNO2. The van der Waals surface area contributed by atoms with Crippen molar-refractivity contribution < 1.29 is 9.53 Å². The van der Waals surface area contributed by atoms with Crippen LogP contribution in [0.3, 0.4) is 0 Å². The summed E-state index contributed by atoms with van der Waals surface area (Å²) in [5, 5.41) is -0.438. The Morgan fingerprint density at radius 3 is 3.13 bits per heavy atom. The van der Waals surface area contributed by atoms with Crippen LogP contribution in [0.25, 0.3) is 0 Å². The summed E-state index contributed by atoms with van der Waals surface area (Å²) in [4.78, 5) is 12.3. The molecule has 15 heavy (non-hydrogen) atoms. The Morgan fingerprint density at radius 2 is 2.40 bits per heavy atom. The lowest BCUT2D eigenvalue weighted by Gasteiger charge is -2.13. The molecule has 0 saturated heterocycles. The van der Waals surface area contributed by atoms with Gasteiger partial charge in [-0.2, -0.15) is 0 Å². The van der Waals surface area contributed by atoms with E-state index in [1.165, 1.54) is 10.5 Å². The molecule has 3 nitrogen and oxygen atoms in total. The molecule has 0 saturated carbocycles. The van der Waals surface area contributed by atoms with Crippen molar-refractivity contribution in [3.05, 3.63) is 29.3 Å². The molecule has 0 radical (unpaired) electrons. The number of nitrogens with zero attached hydrogens (tertiary/aromatic N) is 1. The minimum atomic E-state index is -0.438. The van der Waals surface area contributed by atoms with Gasteiger partial charge in [-0.1, -0.05) is 12.1 Å². The van der Waals surface area contributed by atoms with Crippen molar-refractivity contribution in [2.45, 2.75) is 13.0 Å². The highest BCUT2D eigenvalue weighted by Gasteiger charge is 2.13. The summed E-state index contributed by atoms with van der Waals surface area (Å²) < 4.78 is 5.40. The first kappa shape index (κ1) is 10.3. The maximum Gasteiger partial charge on any atom is 0.316 e. The molecule has 0 spiro atoms. The van der Waals surface area contributed by atoms with Gasteiger partial charge < -0.3 is 9.64 Å². The van der Waals surface area contributed by atoms with E-state index in [0.29, 0.717) is 6.54 Å². The van der Waals surface area contributed by atoms with Crippen LogP contribution < -0.4 is 4.74 Å². The van der Waals surface area contributed by atoms with E-state index in [1.54, 1.807) is 7.05 Å². The van der Waals surface area contributed by atoms with Gasteiger partial charge in [0.25, 0.3) is 0 Å². The van der Waals surface area contributed by atoms with Crippen molar-refractivity contribution in [2.75, 3.05) is 13.7 Å². The fraction of sp³-hybridized carbons (Fsp3) is 0.364. The van der Waals surface area contributed by atoms with Crippen molar-refractivity contribution >= 4 is 17.0 Å². The lowest BCUT2D eigenvalue weighted by molar-refractivity contribution is 0.230. The standard InChI is InChI=1S/C11H12ClNO2/c1-13(11(12)14)7-8-2-3-10-9(6-8)4-5-15-10/h2-3,6H,4-5,7H2,1H3. The largest absolute Gasteiger partial charge is 0.493 e. The molecule has 0 fully saturated rings. The summed E-state index contributed by atoms with van der Waals surface area (Å²) in [5.41, 5.74) is 2.29. The quantitative estimate of drug-likeness (QED) is 0.572. The van der Waals surface area contributed by atoms with Gasteiger partial charge in [0.1, 0.15) is 5.75 Å². The number of carbonyl (C=O) groups is 1. The summed E-state index contributed by atoms with van der Waals surface area (Å²) in [7, 11) is 1.68. The van der Waals surface area contributed by atoms with Crippen LogP contribution in [0, 0.1) is 0 Å². The molecule has 0 unspecified atom stereocenters. The Labute approximate surface area is 93.6 Å². The molecule has 80 valence electrons. The van der Waals surface area contributed by atoms with E-state index in [-0.39, 0.29) is 0 Å². The third-order valence-electron chi connectivity index (χ3n) is 2.47. The number of halogens is 1. The number of fused-ring (bicyclic) bond motifs is 1. The van der Waals surface area contributed by atoms with E-state index < -0.39 is 5.37 Å². The number of hydrogen-bond donors (Lipinski definition) is 0. The lowest BCUT2D eigenvalue weighted by Crippen LogP contribution is -2.19. The zero-order valence-corrected chi connectivity index (χ0v) is 9.25. The highest BCUT2D eigenvalue weighted by Crippen LogP contribution is 2.26. The van der Waals surface area contributed by atoms with Gasteiger partial charge >= 0.3 is 5.37 Å². The average Bonchev–Trinajstić information content (AvgIpc) is 2.64. The Hall–Kier alpha value is -1.22. The first-order valence-corrected chi connectivity index (χ1v) is 5.20. The van der Waals surface area contributed by atoms with E-state index in [2.05, 4.69) is 6.07 Å². The molecule has 1 amide bonds. The maximum atomic E-state index is 10.8. The van der Waals surface area contributed by atoms with Crippen LogP contribution in [0.15, 0.2) is 18.2 Å². The first-order valence-electron chi connectivity index (χ1n) is 4.82. The molecule has 2 rings (SSSR count). The summed E-state index contributed by atoms with van der Waals surface area (Å²) in [6.45, 7) is 1.29. The molecule has 0 N–H and O–H groups in total. The van der Waals surface area contributed by atoms with Gasteiger partial charge in [0.2, 0.25) is 0 Å². The van der Waals surface area contributed by atoms with Crippen LogP contribution >= 0.6 is 11.6 Å². The fourth-order valence-electron chi connectivity index (χ4n) is 1.67. The van der Waals surface area contributed by atoms with Crippen molar-refractivity contribution in [2.24, 2.45) is 0 Å². The number of ether oxygens (including phenoxy) is 1. The summed E-state index contributed by atoms with van der Waals surface area (Å²) in [5.74, 6) is 0.957. The van der Waals surface area contributed by atoms with Crippen molar-refractivity contribution in [1.82, 2.24) is 4.90 Å². The highest BCUT2D eigenvalue weighted by molar-refractivity contribution is 6.62. The number of amides is 1. The fourth-order valence-corrected chi connectivity index (χ4v) is 1.73. The number of hydrogen-bond acceptors (Lipinski definition) is 2. The van der Waals surface area contributed by atoms with Gasteiger partial charge in [-0.3, -0.25) is 4.79 Å². The molecule has 0 bridgehead atoms. The Kier molecular flexibility index (Phi) is 2.82. The molecule has 1 aliphatic heterocycles.